The third kappa shape index (κ3) is 4.30. The Balaban J connectivity index is 1.78. The number of carbonyl (C=O) groups excluding carboxylic acids is 2. The molecule has 0 saturated carbocycles. The van der Waals surface area contributed by atoms with E-state index in [1.807, 2.05) is 6.92 Å². The van der Waals surface area contributed by atoms with Crippen LogP contribution in [-0.2, 0) is 16.6 Å². The van der Waals surface area contributed by atoms with Crippen LogP contribution in [-0.4, -0.2) is 31.6 Å². The summed E-state index contributed by atoms with van der Waals surface area (Å²) >= 11 is 1.26. The molecule has 0 aliphatic rings. The first kappa shape index (κ1) is 21.8. The maximum Gasteiger partial charge on any atom is 0.256 e. The van der Waals surface area contributed by atoms with Crippen LogP contribution in [0.25, 0.3) is 0 Å². The van der Waals surface area contributed by atoms with Gasteiger partial charge in [0.25, 0.3) is 11.8 Å². The highest BCUT2D eigenvalue weighted by molar-refractivity contribution is 7.89. The second-order valence-corrected chi connectivity index (χ2v) is 9.94. The molecule has 10 heteroatoms. The van der Waals surface area contributed by atoms with Crippen LogP contribution in [0.15, 0.2) is 52.0 Å². The van der Waals surface area contributed by atoms with E-state index in [2.05, 4.69) is 5.32 Å². The van der Waals surface area contributed by atoms with E-state index in [9.17, 15) is 18.0 Å². The summed E-state index contributed by atoms with van der Waals surface area (Å²) in [5.41, 5.74) is 6.69. The highest BCUT2D eigenvalue weighted by Gasteiger charge is 2.23. The highest BCUT2D eigenvalue weighted by atomic mass is 32.2. The molecule has 2 heterocycles. The van der Waals surface area contributed by atoms with Gasteiger partial charge in [-0.2, -0.15) is 4.31 Å². The van der Waals surface area contributed by atoms with Crippen molar-refractivity contribution in [2.45, 2.75) is 25.3 Å². The Bertz CT molecular complexity index is 1180. The Morgan fingerprint density at radius 3 is 2.40 bits per heavy atom. The molecule has 2 aromatic heterocycles. The van der Waals surface area contributed by atoms with Crippen LogP contribution in [0.1, 0.15) is 36.9 Å². The summed E-state index contributed by atoms with van der Waals surface area (Å²) in [7, 11) is -2.30. The van der Waals surface area contributed by atoms with Gasteiger partial charge in [0.1, 0.15) is 10.8 Å². The SMILES string of the molecule is Cc1sc(NC(=O)c2ccc(S(=O)(=O)N(C)Cc3ccco3)cc2)c(C(N)=O)c1C. The molecule has 8 nitrogen and oxygen atoms in total. The average Bonchev–Trinajstić information content (AvgIpc) is 3.29. The number of anilines is 1. The first-order valence-electron chi connectivity index (χ1n) is 8.91. The maximum atomic E-state index is 12.7. The maximum absolute atomic E-state index is 12.7. The van der Waals surface area contributed by atoms with E-state index >= 15 is 0 Å². The second-order valence-electron chi connectivity index (χ2n) is 6.67. The van der Waals surface area contributed by atoms with Crippen molar-refractivity contribution >= 4 is 38.2 Å². The molecule has 0 aliphatic carbocycles. The van der Waals surface area contributed by atoms with Crippen molar-refractivity contribution in [1.82, 2.24) is 4.31 Å². The highest BCUT2D eigenvalue weighted by Crippen LogP contribution is 2.32. The van der Waals surface area contributed by atoms with Gasteiger partial charge in [-0.1, -0.05) is 0 Å². The topological polar surface area (TPSA) is 123 Å². The minimum Gasteiger partial charge on any atom is -0.468 e. The van der Waals surface area contributed by atoms with Gasteiger partial charge in [0, 0.05) is 17.5 Å². The van der Waals surface area contributed by atoms with E-state index in [1.54, 1.807) is 19.1 Å². The van der Waals surface area contributed by atoms with Crippen molar-refractivity contribution in [3.8, 4) is 0 Å². The first-order valence-corrected chi connectivity index (χ1v) is 11.2. The van der Waals surface area contributed by atoms with Gasteiger partial charge >= 0.3 is 0 Å². The minimum absolute atomic E-state index is 0.0498. The Morgan fingerprint density at radius 2 is 1.83 bits per heavy atom. The van der Waals surface area contributed by atoms with Crippen LogP contribution in [0.5, 0.6) is 0 Å². The molecule has 0 bridgehead atoms. The van der Waals surface area contributed by atoms with Crippen LogP contribution < -0.4 is 11.1 Å². The Hall–Kier alpha value is -2.95. The van der Waals surface area contributed by atoms with Crippen molar-refractivity contribution < 1.29 is 22.4 Å². The average molecular weight is 448 g/mol. The Labute approximate surface area is 178 Å². The molecule has 0 fully saturated rings. The monoisotopic (exact) mass is 447 g/mol. The molecule has 3 N–H and O–H groups in total. The molecule has 30 heavy (non-hydrogen) atoms. The number of benzene rings is 1. The van der Waals surface area contributed by atoms with Gasteiger partial charge in [-0.15, -0.1) is 11.3 Å². The fourth-order valence-electron chi connectivity index (χ4n) is 2.85. The van der Waals surface area contributed by atoms with Gasteiger partial charge in [0.2, 0.25) is 10.0 Å². The van der Waals surface area contributed by atoms with Gasteiger partial charge < -0.3 is 15.5 Å². The number of aryl methyl sites for hydroxylation is 1. The number of nitrogens with one attached hydrogen (secondary N) is 1. The minimum atomic E-state index is -3.75. The number of hydrogen-bond donors (Lipinski definition) is 2. The third-order valence-corrected chi connectivity index (χ3v) is 7.58. The molecule has 0 radical (unpaired) electrons. The standard InChI is InChI=1S/C20H21N3O5S2/c1-12-13(2)29-20(17(12)18(21)24)22-19(25)14-6-8-16(9-7-14)30(26,27)23(3)11-15-5-4-10-28-15/h4-10H,11H2,1-3H3,(H2,21,24)(H,22,25). The number of primary amides is 1. The summed E-state index contributed by atoms with van der Waals surface area (Å²) in [5.74, 6) is -0.566. The largest absolute Gasteiger partial charge is 0.468 e. The van der Waals surface area contributed by atoms with E-state index in [1.165, 1.54) is 48.9 Å². The lowest BCUT2D eigenvalue weighted by molar-refractivity contribution is 0.100. The zero-order chi connectivity index (χ0) is 22.1. The van der Waals surface area contributed by atoms with Crippen molar-refractivity contribution in [3.63, 3.8) is 0 Å². The van der Waals surface area contributed by atoms with E-state index in [0.29, 0.717) is 10.8 Å². The molecular formula is C20H21N3O5S2. The zero-order valence-electron chi connectivity index (χ0n) is 16.6. The van der Waals surface area contributed by atoms with Crippen LogP contribution in [0, 0.1) is 13.8 Å². The number of furan rings is 1. The van der Waals surface area contributed by atoms with Crippen LogP contribution >= 0.6 is 11.3 Å². The molecular weight excluding hydrogens is 426 g/mol. The van der Waals surface area contributed by atoms with Gasteiger partial charge in [0.15, 0.2) is 0 Å². The summed E-state index contributed by atoms with van der Waals surface area (Å²) < 4.78 is 31.8. The molecule has 0 spiro atoms. The quantitative estimate of drug-likeness (QED) is 0.576. The number of sulfonamides is 1. The van der Waals surface area contributed by atoms with Crippen LogP contribution in [0.4, 0.5) is 5.00 Å². The number of nitrogens with two attached hydrogens (primary N) is 1. The van der Waals surface area contributed by atoms with Crippen molar-refractivity contribution in [2.75, 3.05) is 12.4 Å². The molecule has 2 amide bonds. The molecule has 3 rings (SSSR count). The number of rotatable bonds is 7. The molecule has 158 valence electrons. The van der Waals surface area contributed by atoms with Crippen LogP contribution in [0.3, 0.4) is 0 Å². The van der Waals surface area contributed by atoms with Crippen molar-refractivity contribution in [1.29, 1.82) is 0 Å². The predicted octanol–water partition coefficient (Wildman–Crippen LogP) is 3.13. The first-order chi connectivity index (χ1) is 14.1. The summed E-state index contributed by atoms with van der Waals surface area (Å²) in [6, 6.07) is 8.93. The normalized spacial score (nSPS) is 11.6. The number of nitrogens with zero attached hydrogens (tertiary/aromatic N) is 1. The van der Waals surface area contributed by atoms with Gasteiger partial charge in [-0.3, -0.25) is 9.59 Å². The number of thiophene rings is 1. The molecule has 3 aromatic rings. The third-order valence-electron chi connectivity index (χ3n) is 4.64. The van der Waals surface area contributed by atoms with Gasteiger partial charge in [-0.25, -0.2) is 8.42 Å². The lowest BCUT2D eigenvalue weighted by atomic mass is 10.1. The van der Waals surface area contributed by atoms with Crippen molar-refractivity contribution in [2.24, 2.45) is 5.73 Å². The summed E-state index contributed by atoms with van der Waals surface area (Å²) in [6.07, 6.45) is 1.48. The predicted molar refractivity (Wildman–Crippen MR) is 114 cm³/mol. The second kappa shape index (κ2) is 8.42. The number of amides is 2. The van der Waals surface area contributed by atoms with E-state index in [4.69, 9.17) is 10.2 Å². The molecule has 0 atom stereocenters. The molecule has 0 aliphatic heterocycles. The summed E-state index contributed by atoms with van der Waals surface area (Å²) in [5, 5.41) is 3.06. The summed E-state index contributed by atoms with van der Waals surface area (Å²) in [4.78, 5) is 25.2. The van der Waals surface area contributed by atoms with Crippen molar-refractivity contribution in [3.05, 3.63) is 70.0 Å². The zero-order valence-corrected chi connectivity index (χ0v) is 18.3. The molecule has 1 aromatic carbocycles. The summed E-state index contributed by atoms with van der Waals surface area (Å²) in [6.45, 7) is 3.69. The van der Waals surface area contributed by atoms with Gasteiger partial charge in [0.05, 0.1) is 23.3 Å². The van der Waals surface area contributed by atoms with E-state index < -0.39 is 21.8 Å². The fourth-order valence-corrected chi connectivity index (χ4v) is 5.05. The van der Waals surface area contributed by atoms with Crippen LogP contribution in [0.2, 0.25) is 0 Å². The smallest absolute Gasteiger partial charge is 0.256 e. The Kier molecular flexibility index (Phi) is 6.11. The number of carbonyl (C=O) groups is 2. The molecule has 0 unspecified atom stereocenters. The molecule has 0 saturated heterocycles. The number of hydrogen-bond acceptors (Lipinski definition) is 6. The van der Waals surface area contributed by atoms with E-state index in [0.717, 1.165) is 14.7 Å². The van der Waals surface area contributed by atoms with Gasteiger partial charge in [-0.05, 0) is 55.8 Å². The Morgan fingerprint density at radius 1 is 1.17 bits per heavy atom. The lowest BCUT2D eigenvalue weighted by Crippen LogP contribution is -2.26. The van der Waals surface area contributed by atoms with E-state index in [-0.39, 0.29) is 22.6 Å². The fraction of sp³-hybridized carbons (Fsp3) is 0.200. The lowest BCUT2D eigenvalue weighted by Gasteiger charge is -2.16.